The second-order valence-corrected chi connectivity index (χ2v) is 9.58. The predicted octanol–water partition coefficient (Wildman–Crippen LogP) is 6.05. The van der Waals surface area contributed by atoms with Crippen molar-refractivity contribution in [2.75, 3.05) is 6.61 Å². The fraction of sp³-hybridized carbons (Fsp3) is 0.462. The van der Waals surface area contributed by atoms with Crippen LogP contribution >= 0.6 is 11.6 Å². The van der Waals surface area contributed by atoms with Crippen LogP contribution in [0.3, 0.4) is 0 Å². The Labute approximate surface area is 198 Å². The van der Waals surface area contributed by atoms with Gasteiger partial charge in [0.1, 0.15) is 17.7 Å². The molecule has 2 atom stereocenters. The average Bonchev–Trinajstić information content (AvgIpc) is 3.19. The molecule has 0 radical (unpaired) electrons. The van der Waals surface area contributed by atoms with Gasteiger partial charge in [-0.25, -0.2) is 9.37 Å². The van der Waals surface area contributed by atoms with Gasteiger partial charge in [0.05, 0.1) is 17.1 Å². The van der Waals surface area contributed by atoms with E-state index in [2.05, 4.69) is 5.32 Å². The van der Waals surface area contributed by atoms with Gasteiger partial charge in [-0.1, -0.05) is 30.9 Å². The minimum Gasteiger partial charge on any atom is -0.376 e. The molecular formula is C26H29ClFN3O2. The van der Waals surface area contributed by atoms with Gasteiger partial charge in [-0.15, -0.1) is 0 Å². The maximum Gasteiger partial charge on any atom is 0.246 e. The van der Waals surface area contributed by atoms with Gasteiger partial charge in [0.15, 0.2) is 0 Å². The smallest absolute Gasteiger partial charge is 0.246 e. The van der Waals surface area contributed by atoms with Crippen LogP contribution in [-0.2, 0) is 9.53 Å². The first kappa shape index (κ1) is 22.4. The molecule has 1 saturated heterocycles. The SMILES string of the molecule is O=C(NC1CCCCC1)[C@H]([C@@H]1CCCCO1)n1c(-c2ccc(Cl)cc2)nc2ccc(F)cc21. The molecule has 1 aliphatic carbocycles. The Morgan fingerprint density at radius 2 is 1.82 bits per heavy atom. The van der Waals surface area contributed by atoms with E-state index in [0.29, 0.717) is 28.5 Å². The van der Waals surface area contributed by atoms with Crippen LogP contribution in [0, 0.1) is 5.82 Å². The zero-order valence-corrected chi connectivity index (χ0v) is 19.4. The van der Waals surface area contributed by atoms with Crippen molar-refractivity contribution in [2.24, 2.45) is 0 Å². The van der Waals surface area contributed by atoms with Gasteiger partial charge < -0.3 is 14.6 Å². The van der Waals surface area contributed by atoms with Gasteiger partial charge in [0.2, 0.25) is 5.91 Å². The Balaban J connectivity index is 1.63. The minimum atomic E-state index is -0.635. The number of imidazole rings is 1. The molecule has 3 aromatic rings. The van der Waals surface area contributed by atoms with E-state index >= 15 is 0 Å². The number of aromatic nitrogens is 2. The average molecular weight is 470 g/mol. The number of benzene rings is 2. The zero-order chi connectivity index (χ0) is 22.8. The van der Waals surface area contributed by atoms with E-state index in [0.717, 1.165) is 50.5 Å². The second-order valence-electron chi connectivity index (χ2n) is 9.14. The Bertz CT molecular complexity index is 1120. The van der Waals surface area contributed by atoms with Crippen molar-refractivity contribution in [3.05, 3.63) is 53.3 Å². The van der Waals surface area contributed by atoms with Gasteiger partial charge in [0.25, 0.3) is 0 Å². The molecule has 1 aromatic heterocycles. The fourth-order valence-corrected chi connectivity index (χ4v) is 5.28. The van der Waals surface area contributed by atoms with Gasteiger partial charge in [-0.05, 0) is 74.6 Å². The summed E-state index contributed by atoms with van der Waals surface area (Å²) >= 11 is 6.12. The molecule has 0 unspecified atom stereocenters. The molecule has 1 N–H and O–H groups in total. The Morgan fingerprint density at radius 3 is 2.55 bits per heavy atom. The quantitative estimate of drug-likeness (QED) is 0.494. The van der Waals surface area contributed by atoms with Crippen molar-refractivity contribution in [2.45, 2.75) is 69.6 Å². The van der Waals surface area contributed by atoms with E-state index < -0.39 is 6.04 Å². The molecule has 2 aliphatic rings. The van der Waals surface area contributed by atoms with Crippen LogP contribution < -0.4 is 5.32 Å². The van der Waals surface area contributed by atoms with Crippen molar-refractivity contribution in [1.29, 1.82) is 0 Å². The van der Waals surface area contributed by atoms with Gasteiger partial charge in [-0.3, -0.25) is 4.79 Å². The summed E-state index contributed by atoms with van der Waals surface area (Å²) in [6.07, 6.45) is 7.92. The van der Waals surface area contributed by atoms with Crippen LogP contribution in [0.5, 0.6) is 0 Å². The molecular weight excluding hydrogens is 441 g/mol. The highest BCUT2D eigenvalue weighted by atomic mass is 35.5. The molecule has 2 fully saturated rings. The van der Waals surface area contributed by atoms with Crippen molar-refractivity contribution in [3.8, 4) is 11.4 Å². The van der Waals surface area contributed by atoms with E-state index in [1.807, 2.05) is 16.7 Å². The number of carbonyl (C=O) groups is 1. The Hall–Kier alpha value is -2.44. The summed E-state index contributed by atoms with van der Waals surface area (Å²) in [4.78, 5) is 18.6. The highest BCUT2D eigenvalue weighted by molar-refractivity contribution is 6.30. The van der Waals surface area contributed by atoms with E-state index in [9.17, 15) is 9.18 Å². The van der Waals surface area contributed by atoms with Crippen molar-refractivity contribution < 1.29 is 13.9 Å². The number of fused-ring (bicyclic) bond motifs is 1. The number of halogens is 2. The van der Waals surface area contributed by atoms with Crippen LogP contribution in [-0.4, -0.2) is 34.2 Å². The lowest BCUT2D eigenvalue weighted by Gasteiger charge is -2.33. The van der Waals surface area contributed by atoms with Crippen LogP contribution in [0.1, 0.15) is 57.4 Å². The molecule has 1 aliphatic heterocycles. The molecule has 7 heteroatoms. The fourth-order valence-electron chi connectivity index (χ4n) is 5.15. The first-order valence-corrected chi connectivity index (χ1v) is 12.3. The molecule has 2 aromatic carbocycles. The lowest BCUT2D eigenvalue weighted by atomic mass is 9.94. The molecule has 2 heterocycles. The molecule has 5 nitrogen and oxygen atoms in total. The van der Waals surface area contributed by atoms with Crippen LogP contribution in [0.4, 0.5) is 4.39 Å². The summed E-state index contributed by atoms with van der Waals surface area (Å²) in [5.41, 5.74) is 2.06. The molecule has 0 spiro atoms. The first-order valence-electron chi connectivity index (χ1n) is 12.0. The molecule has 33 heavy (non-hydrogen) atoms. The predicted molar refractivity (Wildman–Crippen MR) is 128 cm³/mol. The molecule has 5 rings (SSSR count). The van der Waals surface area contributed by atoms with Crippen LogP contribution in [0.2, 0.25) is 5.02 Å². The number of hydrogen-bond donors (Lipinski definition) is 1. The monoisotopic (exact) mass is 469 g/mol. The number of ether oxygens (including phenoxy) is 1. The van der Waals surface area contributed by atoms with E-state index in [1.54, 1.807) is 18.2 Å². The van der Waals surface area contributed by atoms with Gasteiger partial charge in [0, 0.05) is 23.2 Å². The molecule has 1 saturated carbocycles. The highest BCUT2D eigenvalue weighted by Gasteiger charge is 2.36. The van der Waals surface area contributed by atoms with E-state index in [4.69, 9.17) is 21.3 Å². The number of nitrogens with one attached hydrogen (secondary N) is 1. The molecule has 174 valence electrons. The second kappa shape index (κ2) is 9.82. The largest absolute Gasteiger partial charge is 0.376 e. The molecule has 1 amide bonds. The van der Waals surface area contributed by atoms with Crippen molar-refractivity contribution in [3.63, 3.8) is 0 Å². The third kappa shape index (κ3) is 4.78. The zero-order valence-electron chi connectivity index (χ0n) is 18.6. The summed E-state index contributed by atoms with van der Waals surface area (Å²) < 4.78 is 22.4. The number of amides is 1. The lowest BCUT2D eigenvalue weighted by molar-refractivity contribution is -0.131. The number of nitrogens with zero attached hydrogens (tertiary/aromatic N) is 2. The van der Waals surface area contributed by atoms with Crippen LogP contribution in [0.15, 0.2) is 42.5 Å². The Morgan fingerprint density at radius 1 is 1.06 bits per heavy atom. The summed E-state index contributed by atoms with van der Waals surface area (Å²) in [6.45, 7) is 0.620. The molecule has 0 bridgehead atoms. The first-order chi connectivity index (χ1) is 16.1. The minimum absolute atomic E-state index is 0.0763. The Kier molecular flexibility index (Phi) is 6.65. The van der Waals surface area contributed by atoms with Gasteiger partial charge in [-0.2, -0.15) is 0 Å². The summed E-state index contributed by atoms with van der Waals surface area (Å²) in [5.74, 6) is 0.181. The third-order valence-electron chi connectivity index (χ3n) is 6.82. The van der Waals surface area contributed by atoms with Crippen molar-refractivity contribution >= 4 is 28.5 Å². The standard InChI is InChI=1S/C26H29ClFN3O2/c27-18-11-9-17(10-12-18)25-30-21-14-13-19(28)16-22(21)31(25)24(23-8-4-5-15-33-23)26(32)29-20-6-2-1-3-7-20/h9-14,16,20,23-24H,1-8,15H2,(H,29,32)/t23-,24-/m0/s1. The van der Waals surface area contributed by atoms with Gasteiger partial charge >= 0.3 is 0 Å². The number of carbonyl (C=O) groups excluding carboxylic acids is 1. The topological polar surface area (TPSA) is 56.1 Å². The summed E-state index contributed by atoms with van der Waals surface area (Å²) in [5, 5.41) is 3.91. The van der Waals surface area contributed by atoms with E-state index in [-0.39, 0.29) is 23.9 Å². The maximum absolute atomic E-state index is 14.4. The summed E-state index contributed by atoms with van der Waals surface area (Å²) in [6, 6.07) is 11.4. The highest BCUT2D eigenvalue weighted by Crippen LogP contribution is 2.35. The normalized spacial score (nSPS) is 20.6. The summed E-state index contributed by atoms with van der Waals surface area (Å²) in [7, 11) is 0. The van der Waals surface area contributed by atoms with E-state index in [1.165, 1.54) is 18.6 Å². The van der Waals surface area contributed by atoms with Crippen LogP contribution in [0.25, 0.3) is 22.4 Å². The number of hydrogen-bond acceptors (Lipinski definition) is 3. The number of rotatable bonds is 5. The third-order valence-corrected chi connectivity index (χ3v) is 7.07. The lowest BCUT2D eigenvalue weighted by Crippen LogP contribution is -2.46. The maximum atomic E-state index is 14.4. The van der Waals surface area contributed by atoms with Crippen molar-refractivity contribution in [1.82, 2.24) is 14.9 Å².